The minimum atomic E-state index is -0.445. The monoisotopic (exact) mass is 253 g/mol. The van der Waals surface area contributed by atoms with Gasteiger partial charge in [0.05, 0.1) is 11.3 Å². The van der Waals surface area contributed by atoms with Crippen LogP contribution in [0.25, 0.3) is 11.3 Å². The number of nitriles is 1. The molecular formula is C15H12FN3. The summed E-state index contributed by atoms with van der Waals surface area (Å²) in [6.45, 7) is 1.84. The number of halogens is 1. The zero-order valence-electron chi connectivity index (χ0n) is 10.4. The molecule has 1 aromatic carbocycles. The largest absolute Gasteiger partial charge is 0.397 e. The second-order valence-electron chi connectivity index (χ2n) is 4.13. The summed E-state index contributed by atoms with van der Waals surface area (Å²) in [6.07, 6.45) is 3.13. The van der Waals surface area contributed by atoms with E-state index in [4.69, 9.17) is 5.73 Å². The van der Waals surface area contributed by atoms with Crippen LogP contribution in [0.5, 0.6) is 0 Å². The molecule has 3 nitrogen and oxygen atoms in total. The second-order valence-corrected chi connectivity index (χ2v) is 4.13. The van der Waals surface area contributed by atoms with Crippen molar-refractivity contribution in [1.82, 2.24) is 4.98 Å². The number of aromatic nitrogens is 1. The fraction of sp³-hybridized carbons (Fsp3) is 0.0667. The Morgan fingerprint density at radius 3 is 2.79 bits per heavy atom. The van der Waals surface area contributed by atoms with E-state index in [-0.39, 0.29) is 16.8 Å². The van der Waals surface area contributed by atoms with Gasteiger partial charge in [-0.05, 0) is 25.1 Å². The molecule has 0 atom stereocenters. The van der Waals surface area contributed by atoms with Crippen LogP contribution in [-0.2, 0) is 0 Å². The topological polar surface area (TPSA) is 62.7 Å². The predicted octanol–water partition coefficient (Wildman–Crippen LogP) is 2.88. The molecule has 0 amide bonds. The molecule has 19 heavy (non-hydrogen) atoms. The average molecular weight is 253 g/mol. The van der Waals surface area contributed by atoms with Crippen molar-refractivity contribution in [2.45, 2.75) is 6.92 Å². The van der Waals surface area contributed by atoms with Crippen LogP contribution >= 0.6 is 0 Å². The van der Waals surface area contributed by atoms with E-state index < -0.39 is 5.82 Å². The third kappa shape index (κ3) is 2.61. The summed E-state index contributed by atoms with van der Waals surface area (Å²) in [5, 5.41) is 9.23. The van der Waals surface area contributed by atoms with E-state index in [2.05, 4.69) is 4.98 Å². The lowest BCUT2D eigenvalue weighted by molar-refractivity contribution is 0.623. The highest BCUT2D eigenvalue weighted by Gasteiger charge is 2.12. The lowest BCUT2D eigenvalue weighted by Crippen LogP contribution is -2.03. The zero-order valence-corrected chi connectivity index (χ0v) is 10.4. The van der Waals surface area contributed by atoms with Gasteiger partial charge in [-0.15, -0.1) is 0 Å². The second kappa shape index (κ2) is 5.32. The molecule has 0 radical (unpaired) electrons. The number of rotatable bonds is 2. The highest BCUT2D eigenvalue weighted by molar-refractivity contribution is 5.95. The highest BCUT2D eigenvalue weighted by atomic mass is 19.1. The van der Waals surface area contributed by atoms with Crippen LogP contribution in [0.3, 0.4) is 0 Å². The third-order valence-corrected chi connectivity index (χ3v) is 2.74. The summed E-state index contributed by atoms with van der Waals surface area (Å²) in [4.78, 5) is 3.93. The quantitative estimate of drug-likeness (QED) is 0.837. The molecule has 94 valence electrons. The van der Waals surface area contributed by atoms with Gasteiger partial charge in [-0.25, -0.2) is 4.39 Å². The fourth-order valence-corrected chi connectivity index (χ4v) is 1.77. The molecular weight excluding hydrogens is 241 g/mol. The number of hydrogen-bond donors (Lipinski definition) is 1. The Bertz CT molecular complexity index is 670. The van der Waals surface area contributed by atoms with Gasteiger partial charge in [-0.3, -0.25) is 4.98 Å². The van der Waals surface area contributed by atoms with E-state index in [0.717, 1.165) is 5.56 Å². The van der Waals surface area contributed by atoms with E-state index in [1.807, 2.05) is 13.0 Å². The number of benzene rings is 1. The fourth-order valence-electron chi connectivity index (χ4n) is 1.77. The molecule has 2 N–H and O–H groups in total. The molecule has 2 aromatic rings. The average Bonchev–Trinajstić information content (AvgIpc) is 2.43. The van der Waals surface area contributed by atoms with Crippen LogP contribution in [0.4, 0.5) is 4.39 Å². The lowest BCUT2D eigenvalue weighted by atomic mass is 10.0. The number of allylic oxidation sites excluding steroid dienone is 1. The maximum absolute atomic E-state index is 13.8. The molecule has 4 heteroatoms. The minimum absolute atomic E-state index is 0.122. The van der Waals surface area contributed by atoms with Crippen LogP contribution in [0.2, 0.25) is 0 Å². The van der Waals surface area contributed by atoms with Crippen LogP contribution < -0.4 is 5.73 Å². The Morgan fingerprint density at radius 1 is 1.37 bits per heavy atom. The molecule has 0 unspecified atom stereocenters. The van der Waals surface area contributed by atoms with E-state index in [9.17, 15) is 9.65 Å². The van der Waals surface area contributed by atoms with Gasteiger partial charge in [0.1, 0.15) is 11.9 Å². The number of pyridine rings is 1. The first-order chi connectivity index (χ1) is 9.13. The molecule has 0 aliphatic rings. The standard InChI is InChI=1S/C15H12FN3/c1-10-4-5-14(16)12(7-10)15(18)13(8-17)11-3-2-6-19-9-11/h2-7,9H,18H2,1H3/b15-13+. The minimum Gasteiger partial charge on any atom is -0.397 e. The van der Waals surface area contributed by atoms with E-state index in [1.54, 1.807) is 30.5 Å². The van der Waals surface area contributed by atoms with Crippen molar-refractivity contribution in [2.24, 2.45) is 5.73 Å². The Morgan fingerprint density at radius 2 is 2.16 bits per heavy atom. The summed E-state index contributed by atoms with van der Waals surface area (Å²) in [6, 6.07) is 10.0. The van der Waals surface area contributed by atoms with Crippen molar-refractivity contribution in [3.63, 3.8) is 0 Å². The summed E-state index contributed by atoms with van der Waals surface area (Å²) >= 11 is 0. The number of aryl methyl sites for hydroxylation is 1. The van der Waals surface area contributed by atoms with Gasteiger partial charge in [0.25, 0.3) is 0 Å². The first-order valence-corrected chi connectivity index (χ1v) is 5.70. The molecule has 0 bridgehead atoms. The van der Waals surface area contributed by atoms with Crippen molar-refractivity contribution in [3.05, 3.63) is 65.2 Å². The smallest absolute Gasteiger partial charge is 0.132 e. The molecule has 0 aliphatic carbocycles. The van der Waals surface area contributed by atoms with E-state index >= 15 is 0 Å². The molecule has 0 saturated heterocycles. The Labute approximate surface area is 110 Å². The van der Waals surface area contributed by atoms with Crippen molar-refractivity contribution >= 4 is 11.3 Å². The first-order valence-electron chi connectivity index (χ1n) is 5.70. The number of nitrogens with two attached hydrogens (primary N) is 1. The SMILES string of the molecule is Cc1ccc(F)c(/C(N)=C(/C#N)c2cccnc2)c1. The van der Waals surface area contributed by atoms with E-state index in [1.165, 1.54) is 12.3 Å². The van der Waals surface area contributed by atoms with Crippen LogP contribution in [0.15, 0.2) is 42.7 Å². The molecule has 1 aromatic heterocycles. The molecule has 0 aliphatic heterocycles. The van der Waals surface area contributed by atoms with Gasteiger partial charge in [0, 0.05) is 23.5 Å². The lowest BCUT2D eigenvalue weighted by Gasteiger charge is -2.08. The maximum Gasteiger partial charge on any atom is 0.132 e. The van der Waals surface area contributed by atoms with E-state index in [0.29, 0.717) is 5.56 Å². The van der Waals surface area contributed by atoms with Gasteiger partial charge in [-0.1, -0.05) is 17.7 Å². The highest BCUT2D eigenvalue weighted by Crippen LogP contribution is 2.24. The summed E-state index contributed by atoms with van der Waals surface area (Å²) in [5.41, 5.74) is 7.97. The van der Waals surface area contributed by atoms with Gasteiger partial charge < -0.3 is 5.73 Å². The Balaban J connectivity index is 2.62. The molecule has 0 fully saturated rings. The Hall–Kier alpha value is -2.67. The number of hydrogen-bond acceptors (Lipinski definition) is 3. The summed E-state index contributed by atoms with van der Waals surface area (Å²) in [5.74, 6) is -0.445. The van der Waals surface area contributed by atoms with Gasteiger partial charge >= 0.3 is 0 Å². The molecule has 0 spiro atoms. The Kier molecular flexibility index (Phi) is 3.58. The van der Waals surface area contributed by atoms with Crippen LogP contribution in [0.1, 0.15) is 16.7 Å². The summed E-state index contributed by atoms with van der Waals surface area (Å²) in [7, 11) is 0. The van der Waals surface area contributed by atoms with Crippen LogP contribution in [-0.4, -0.2) is 4.98 Å². The molecule has 0 saturated carbocycles. The van der Waals surface area contributed by atoms with Gasteiger partial charge in [0.15, 0.2) is 0 Å². The molecule has 2 rings (SSSR count). The first kappa shape index (κ1) is 12.8. The van der Waals surface area contributed by atoms with Gasteiger partial charge in [-0.2, -0.15) is 5.26 Å². The van der Waals surface area contributed by atoms with Crippen molar-refractivity contribution in [1.29, 1.82) is 5.26 Å². The molecule has 1 heterocycles. The van der Waals surface area contributed by atoms with Crippen molar-refractivity contribution in [3.8, 4) is 6.07 Å². The van der Waals surface area contributed by atoms with Gasteiger partial charge in [0.2, 0.25) is 0 Å². The zero-order chi connectivity index (χ0) is 13.8. The summed E-state index contributed by atoms with van der Waals surface area (Å²) < 4.78 is 13.8. The van der Waals surface area contributed by atoms with Crippen molar-refractivity contribution < 1.29 is 4.39 Å². The number of nitrogens with zero attached hydrogens (tertiary/aromatic N) is 2. The maximum atomic E-state index is 13.8. The van der Waals surface area contributed by atoms with Crippen molar-refractivity contribution in [2.75, 3.05) is 0 Å². The third-order valence-electron chi connectivity index (χ3n) is 2.74. The predicted molar refractivity (Wildman–Crippen MR) is 72.0 cm³/mol. The van der Waals surface area contributed by atoms with Crippen LogP contribution in [0, 0.1) is 24.1 Å². The normalized spacial score (nSPS) is 11.6.